The fourth-order valence-corrected chi connectivity index (χ4v) is 3.31. The van der Waals surface area contributed by atoms with Gasteiger partial charge in [-0.15, -0.1) is 0 Å². The molecule has 3 aromatic rings. The Bertz CT molecular complexity index is 929. The van der Waals surface area contributed by atoms with Crippen LogP contribution in [0.5, 0.6) is 0 Å². The lowest BCUT2D eigenvalue weighted by Gasteiger charge is -2.12. The monoisotopic (exact) mass is 365 g/mol. The number of aryl methyl sites for hydroxylation is 1. The number of nitrogens with two attached hydrogens (primary N) is 1. The Hall–Kier alpha value is -3.13. The smallest absolute Gasteiger partial charge is 0.272 e. The van der Waals surface area contributed by atoms with E-state index in [9.17, 15) is 4.79 Å². The number of benzene rings is 1. The van der Waals surface area contributed by atoms with Gasteiger partial charge in [0.25, 0.3) is 5.91 Å². The second kappa shape index (κ2) is 7.63. The molecular formula is C19H23N7O. The maximum Gasteiger partial charge on any atom is 0.272 e. The van der Waals surface area contributed by atoms with Crippen molar-refractivity contribution in [3.8, 4) is 5.69 Å². The molecule has 8 nitrogen and oxygen atoms in total. The largest absolute Gasteiger partial charge is 0.384 e. The Morgan fingerprint density at radius 1 is 1.30 bits per heavy atom. The van der Waals surface area contributed by atoms with Crippen molar-refractivity contribution in [2.75, 3.05) is 18.8 Å². The van der Waals surface area contributed by atoms with Crippen LogP contribution in [0.4, 0.5) is 5.82 Å². The summed E-state index contributed by atoms with van der Waals surface area (Å²) in [5.41, 5.74) is 10.4. The predicted octanol–water partition coefficient (Wildman–Crippen LogP) is 1.19. The maximum absolute atomic E-state index is 12.4. The van der Waals surface area contributed by atoms with E-state index < -0.39 is 0 Å². The number of fused-ring (bicyclic) bond motifs is 1. The van der Waals surface area contributed by atoms with E-state index in [1.165, 1.54) is 0 Å². The lowest BCUT2D eigenvalue weighted by Crippen LogP contribution is -2.29. The highest BCUT2D eigenvalue weighted by Gasteiger charge is 2.21. The number of nitrogens with one attached hydrogen (secondary N) is 3. The number of hydrogen-bond donors (Lipinski definition) is 4. The molecule has 140 valence electrons. The number of H-pyrrole nitrogens is 1. The van der Waals surface area contributed by atoms with Crippen LogP contribution in [-0.2, 0) is 19.4 Å². The van der Waals surface area contributed by atoms with Gasteiger partial charge < -0.3 is 16.4 Å². The van der Waals surface area contributed by atoms with E-state index in [2.05, 4.69) is 25.9 Å². The molecule has 0 saturated heterocycles. The Morgan fingerprint density at radius 3 is 3.00 bits per heavy atom. The first-order valence-corrected chi connectivity index (χ1v) is 9.17. The lowest BCUT2D eigenvalue weighted by molar-refractivity contribution is 0.0947. The van der Waals surface area contributed by atoms with Gasteiger partial charge in [0.05, 0.1) is 11.4 Å². The van der Waals surface area contributed by atoms with Gasteiger partial charge in [0.1, 0.15) is 5.82 Å². The molecule has 0 aliphatic carbocycles. The van der Waals surface area contributed by atoms with Crippen molar-refractivity contribution < 1.29 is 4.79 Å². The zero-order valence-corrected chi connectivity index (χ0v) is 15.0. The molecule has 4 rings (SSSR count). The zero-order valence-electron chi connectivity index (χ0n) is 15.0. The Balaban J connectivity index is 1.31. The van der Waals surface area contributed by atoms with Gasteiger partial charge in [-0.2, -0.15) is 10.2 Å². The molecule has 0 unspecified atom stereocenters. The highest BCUT2D eigenvalue weighted by molar-refractivity contribution is 5.94. The van der Waals surface area contributed by atoms with Gasteiger partial charge >= 0.3 is 0 Å². The quantitative estimate of drug-likeness (QED) is 0.490. The summed E-state index contributed by atoms with van der Waals surface area (Å²) in [5.74, 6) is 0.474. The first kappa shape index (κ1) is 17.3. The summed E-state index contributed by atoms with van der Waals surface area (Å²) in [5, 5.41) is 17.9. The van der Waals surface area contributed by atoms with E-state index in [-0.39, 0.29) is 5.91 Å². The zero-order chi connectivity index (χ0) is 18.6. The minimum Gasteiger partial charge on any atom is -0.384 e. The van der Waals surface area contributed by atoms with Crippen LogP contribution in [0.15, 0.2) is 36.4 Å². The molecule has 0 atom stereocenters. The van der Waals surface area contributed by atoms with Gasteiger partial charge in [-0.3, -0.25) is 9.89 Å². The molecule has 0 radical (unpaired) electrons. The molecule has 0 saturated carbocycles. The van der Waals surface area contributed by atoms with E-state index in [1.54, 1.807) is 4.68 Å². The summed E-state index contributed by atoms with van der Waals surface area (Å²) in [6, 6.07) is 11.7. The molecule has 0 fully saturated rings. The SMILES string of the molecule is Nc1cc(CCCNC(=O)c2n[nH]c3c2CNCC3)nn1-c1ccccc1. The van der Waals surface area contributed by atoms with Crippen LogP contribution in [0.1, 0.15) is 33.9 Å². The summed E-state index contributed by atoms with van der Waals surface area (Å²) in [4.78, 5) is 12.4. The normalized spacial score (nSPS) is 13.3. The Morgan fingerprint density at radius 2 is 2.15 bits per heavy atom. The predicted molar refractivity (Wildman–Crippen MR) is 103 cm³/mol. The first-order valence-electron chi connectivity index (χ1n) is 9.17. The molecule has 8 heteroatoms. The molecule has 1 amide bonds. The Labute approximate surface area is 157 Å². The highest BCUT2D eigenvalue weighted by Crippen LogP contribution is 2.16. The molecule has 1 aliphatic heterocycles. The van der Waals surface area contributed by atoms with Crippen molar-refractivity contribution in [3.63, 3.8) is 0 Å². The van der Waals surface area contributed by atoms with Crippen LogP contribution >= 0.6 is 0 Å². The van der Waals surface area contributed by atoms with Crippen LogP contribution in [-0.4, -0.2) is 39.0 Å². The average Bonchev–Trinajstić information content (AvgIpc) is 3.29. The minimum absolute atomic E-state index is 0.134. The van der Waals surface area contributed by atoms with E-state index in [1.807, 2.05) is 36.4 Å². The van der Waals surface area contributed by atoms with Gasteiger partial charge in [0.15, 0.2) is 5.69 Å². The molecule has 1 aliphatic rings. The third-order valence-electron chi connectivity index (χ3n) is 4.70. The molecule has 2 aromatic heterocycles. The second-order valence-corrected chi connectivity index (χ2v) is 6.62. The van der Waals surface area contributed by atoms with Crippen molar-refractivity contribution in [2.24, 2.45) is 0 Å². The summed E-state index contributed by atoms with van der Waals surface area (Å²) in [6.07, 6.45) is 2.40. The number of anilines is 1. The molecule has 5 N–H and O–H groups in total. The average molecular weight is 365 g/mol. The van der Waals surface area contributed by atoms with Crippen molar-refractivity contribution in [2.45, 2.75) is 25.8 Å². The lowest BCUT2D eigenvalue weighted by atomic mass is 10.1. The van der Waals surface area contributed by atoms with Gasteiger partial charge in [-0.1, -0.05) is 18.2 Å². The molecule has 0 bridgehead atoms. The van der Waals surface area contributed by atoms with Crippen LogP contribution in [0, 0.1) is 0 Å². The number of amides is 1. The number of hydrogen-bond acceptors (Lipinski definition) is 5. The van der Waals surface area contributed by atoms with Crippen LogP contribution in [0.25, 0.3) is 5.69 Å². The van der Waals surface area contributed by atoms with Crippen LogP contribution in [0.2, 0.25) is 0 Å². The molecule has 0 spiro atoms. The van der Waals surface area contributed by atoms with Crippen molar-refractivity contribution in [1.29, 1.82) is 0 Å². The molecular weight excluding hydrogens is 342 g/mol. The van der Waals surface area contributed by atoms with Crippen molar-refractivity contribution in [1.82, 2.24) is 30.6 Å². The van der Waals surface area contributed by atoms with E-state index in [0.717, 1.165) is 48.4 Å². The molecule has 27 heavy (non-hydrogen) atoms. The number of carbonyl (C=O) groups excluding carboxylic acids is 1. The number of nitrogen functional groups attached to an aromatic ring is 1. The van der Waals surface area contributed by atoms with E-state index >= 15 is 0 Å². The van der Waals surface area contributed by atoms with Crippen LogP contribution < -0.4 is 16.4 Å². The number of aromatic amines is 1. The van der Waals surface area contributed by atoms with Gasteiger partial charge in [0, 0.05) is 43.4 Å². The third kappa shape index (κ3) is 3.70. The standard InChI is InChI=1S/C19H23N7O/c20-17-11-13(25-26(17)14-6-2-1-3-7-14)5-4-9-22-19(27)18-15-12-21-10-8-16(15)23-24-18/h1-3,6-7,11,21H,4-5,8-10,12,20H2,(H,22,27)(H,23,24). The first-order chi connectivity index (χ1) is 13.2. The maximum atomic E-state index is 12.4. The number of para-hydroxylation sites is 1. The van der Waals surface area contributed by atoms with E-state index in [4.69, 9.17) is 5.73 Å². The molecule has 3 heterocycles. The topological polar surface area (TPSA) is 114 Å². The number of aromatic nitrogens is 4. The second-order valence-electron chi connectivity index (χ2n) is 6.62. The van der Waals surface area contributed by atoms with Crippen LogP contribution in [0.3, 0.4) is 0 Å². The summed E-state index contributed by atoms with van der Waals surface area (Å²) < 4.78 is 1.73. The highest BCUT2D eigenvalue weighted by atomic mass is 16.1. The minimum atomic E-state index is -0.134. The number of rotatable bonds is 6. The summed E-state index contributed by atoms with van der Waals surface area (Å²) in [6.45, 7) is 2.16. The van der Waals surface area contributed by atoms with Crippen molar-refractivity contribution in [3.05, 3.63) is 59.0 Å². The summed E-state index contributed by atoms with van der Waals surface area (Å²) in [7, 11) is 0. The van der Waals surface area contributed by atoms with E-state index in [0.29, 0.717) is 24.6 Å². The summed E-state index contributed by atoms with van der Waals surface area (Å²) >= 11 is 0. The van der Waals surface area contributed by atoms with Crippen molar-refractivity contribution >= 4 is 11.7 Å². The number of carbonyl (C=O) groups is 1. The molecule has 1 aromatic carbocycles. The van der Waals surface area contributed by atoms with Gasteiger partial charge in [0.2, 0.25) is 0 Å². The number of nitrogens with zero attached hydrogens (tertiary/aromatic N) is 3. The van der Waals surface area contributed by atoms with Gasteiger partial charge in [-0.25, -0.2) is 4.68 Å². The van der Waals surface area contributed by atoms with Gasteiger partial charge in [-0.05, 0) is 25.0 Å². The Kier molecular flexibility index (Phi) is 4.88. The third-order valence-corrected chi connectivity index (χ3v) is 4.70. The fraction of sp³-hybridized carbons (Fsp3) is 0.316. The fourth-order valence-electron chi connectivity index (χ4n) is 3.31.